The summed E-state index contributed by atoms with van der Waals surface area (Å²) in [6.45, 7) is 12.4. The Balaban J connectivity index is 0.00000137. The van der Waals surface area contributed by atoms with Crippen molar-refractivity contribution in [1.29, 1.82) is 0 Å². The molecule has 0 unspecified atom stereocenters. The monoisotopic (exact) mass is 250 g/mol. The smallest absolute Gasteiger partial charge is 0.0469 e. The number of rotatable bonds is 7. The molecule has 0 atom stereocenters. The van der Waals surface area contributed by atoms with Crippen LogP contribution in [0.4, 0.5) is 0 Å². The van der Waals surface area contributed by atoms with Crippen molar-refractivity contribution in [3.8, 4) is 0 Å². The van der Waals surface area contributed by atoms with Gasteiger partial charge < -0.3 is 4.74 Å². The fourth-order valence-electron chi connectivity index (χ4n) is 1.73. The van der Waals surface area contributed by atoms with Crippen molar-refractivity contribution in [2.24, 2.45) is 0 Å². The molecule has 104 valence electrons. The van der Waals surface area contributed by atoms with Gasteiger partial charge >= 0.3 is 0 Å². The molecule has 1 aromatic carbocycles. The van der Waals surface area contributed by atoms with Gasteiger partial charge in [-0.2, -0.15) is 0 Å². The first-order chi connectivity index (χ1) is 8.74. The van der Waals surface area contributed by atoms with Crippen LogP contribution in [0.1, 0.15) is 64.5 Å². The molecule has 0 aliphatic rings. The highest BCUT2D eigenvalue weighted by molar-refractivity contribution is 5.25. The summed E-state index contributed by atoms with van der Waals surface area (Å²) >= 11 is 0. The van der Waals surface area contributed by atoms with Gasteiger partial charge in [0, 0.05) is 13.2 Å². The van der Waals surface area contributed by atoms with Crippen LogP contribution in [-0.4, -0.2) is 13.2 Å². The molecule has 1 heteroatoms. The Morgan fingerprint density at radius 3 is 2.44 bits per heavy atom. The zero-order valence-electron chi connectivity index (χ0n) is 12.8. The van der Waals surface area contributed by atoms with Gasteiger partial charge in [0.1, 0.15) is 0 Å². The summed E-state index contributed by atoms with van der Waals surface area (Å²) in [5.41, 5.74) is 2.87. The molecule has 0 saturated carbocycles. The Bertz CT molecular complexity index is 291. The standard InChI is InChI=1S/C15H24O.C2H6/c1-4-10-16-11-6-8-14-7-5-9-15(12-14)13(2)3;1-2/h5,7,9,12-13H,4,6,8,10-11H2,1-3H3;1-2H3. The summed E-state index contributed by atoms with van der Waals surface area (Å²) in [6, 6.07) is 8.91. The maximum absolute atomic E-state index is 5.48. The summed E-state index contributed by atoms with van der Waals surface area (Å²) in [5.74, 6) is 0.622. The molecular formula is C17H30O. The van der Waals surface area contributed by atoms with Gasteiger partial charge in [0.15, 0.2) is 0 Å². The predicted octanol–water partition coefficient (Wildman–Crippen LogP) is 5.20. The van der Waals surface area contributed by atoms with E-state index in [9.17, 15) is 0 Å². The van der Waals surface area contributed by atoms with Crippen molar-refractivity contribution in [3.63, 3.8) is 0 Å². The van der Waals surface area contributed by atoms with E-state index in [1.807, 2.05) is 13.8 Å². The van der Waals surface area contributed by atoms with Gasteiger partial charge in [0.05, 0.1) is 0 Å². The number of hydrogen-bond donors (Lipinski definition) is 0. The van der Waals surface area contributed by atoms with Crippen LogP contribution in [0.5, 0.6) is 0 Å². The quantitative estimate of drug-likeness (QED) is 0.605. The topological polar surface area (TPSA) is 9.23 Å². The average molecular weight is 250 g/mol. The highest BCUT2D eigenvalue weighted by Crippen LogP contribution is 2.16. The molecule has 18 heavy (non-hydrogen) atoms. The summed E-state index contributed by atoms with van der Waals surface area (Å²) in [5, 5.41) is 0. The minimum absolute atomic E-state index is 0.622. The molecule has 0 heterocycles. The lowest BCUT2D eigenvalue weighted by atomic mass is 9.99. The van der Waals surface area contributed by atoms with Crippen LogP contribution < -0.4 is 0 Å². The normalized spacial score (nSPS) is 10.1. The molecular weight excluding hydrogens is 220 g/mol. The van der Waals surface area contributed by atoms with Gasteiger partial charge in [-0.15, -0.1) is 0 Å². The molecule has 0 amide bonds. The Labute approximate surface area is 114 Å². The minimum atomic E-state index is 0.622. The highest BCUT2D eigenvalue weighted by atomic mass is 16.5. The summed E-state index contributed by atoms with van der Waals surface area (Å²) in [4.78, 5) is 0. The summed E-state index contributed by atoms with van der Waals surface area (Å²) in [7, 11) is 0. The van der Waals surface area contributed by atoms with Gasteiger partial charge in [-0.3, -0.25) is 0 Å². The molecule has 0 spiro atoms. The minimum Gasteiger partial charge on any atom is -0.381 e. The Kier molecular flexibility index (Phi) is 10.8. The second-order valence-corrected chi connectivity index (χ2v) is 4.62. The summed E-state index contributed by atoms with van der Waals surface area (Å²) in [6.07, 6.45) is 3.37. The average Bonchev–Trinajstić information content (AvgIpc) is 2.41. The van der Waals surface area contributed by atoms with Crippen LogP contribution in [0.25, 0.3) is 0 Å². The van der Waals surface area contributed by atoms with Gasteiger partial charge in [-0.25, -0.2) is 0 Å². The SMILES string of the molecule is CC.CCCOCCCc1cccc(C(C)C)c1. The third kappa shape index (κ3) is 7.50. The molecule has 1 nitrogen and oxygen atoms in total. The number of benzene rings is 1. The Hall–Kier alpha value is -0.820. The van der Waals surface area contributed by atoms with E-state index in [-0.39, 0.29) is 0 Å². The molecule has 0 fully saturated rings. The molecule has 0 aromatic heterocycles. The molecule has 1 aromatic rings. The second-order valence-electron chi connectivity index (χ2n) is 4.62. The Morgan fingerprint density at radius 1 is 1.11 bits per heavy atom. The maximum atomic E-state index is 5.48. The number of hydrogen-bond acceptors (Lipinski definition) is 1. The predicted molar refractivity (Wildman–Crippen MR) is 81.3 cm³/mol. The van der Waals surface area contributed by atoms with Crippen LogP contribution in [0.15, 0.2) is 24.3 Å². The lowest BCUT2D eigenvalue weighted by molar-refractivity contribution is 0.132. The highest BCUT2D eigenvalue weighted by Gasteiger charge is 2.00. The van der Waals surface area contributed by atoms with Gasteiger partial charge in [-0.05, 0) is 36.3 Å². The fraction of sp³-hybridized carbons (Fsp3) is 0.647. The molecule has 0 saturated heterocycles. The third-order valence-electron chi connectivity index (χ3n) is 2.72. The first kappa shape index (κ1) is 17.2. The third-order valence-corrected chi connectivity index (χ3v) is 2.72. The molecule has 0 bridgehead atoms. The lowest BCUT2D eigenvalue weighted by Crippen LogP contribution is -1.98. The second kappa shape index (κ2) is 11.3. The Morgan fingerprint density at radius 2 is 1.83 bits per heavy atom. The van der Waals surface area contributed by atoms with Crippen LogP contribution in [0.2, 0.25) is 0 Å². The molecule has 0 N–H and O–H groups in total. The fourth-order valence-corrected chi connectivity index (χ4v) is 1.73. The summed E-state index contributed by atoms with van der Waals surface area (Å²) < 4.78 is 5.48. The lowest BCUT2D eigenvalue weighted by Gasteiger charge is -2.08. The van der Waals surface area contributed by atoms with Crippen molar-refractivity contribution in [1.82, 2.24) is 0 Å². The zero-order chi connectivity index (χ0) is 13.8. The van der Waals surface area contributed by atoms with Crippen molar-refractivity contribution in [2.75, 3.05) is 13.2 Å². The van der Waals surface area contributed by atoms with E-state index in [1.54, 1.807) is 0 Å². The van der Waals surface area contributed by atoms with Crippen LogP contribution in [-0.2, 0) is 11.2 Å². The first-order valence-corrected chi connectivity index (χ1v) is 7.40. The number of ether oxygens (including phenoxy) is 1. The van der Waals surface area contributed by atoms with E-state index in [1.165, 1.54) is 11.1 Å². The van der Waals surface area contributed by atoms with Crippen molar-refractivity contribution < 1.29 is 4.74 Å². The van der Waals surface area contributed by atoms with E-state index >= 15 is 0 Å². The first-order valence-electron chi connectivity index (χ1n) is 7.40. The molecule has 0 aliphatic carbocycles. The zero-order valence-corrected chi connectivity index (χ0v) is 12.8. The van der Waals surface area contributed by atoms with E-state index in [0.29, 0.717) is 5.92 Å². The molecule has 0 aliphatic heterocycles. The molecule has 0 radical (unpaired) electrons. The van der Waals surface area contributed by atoms with Gasteiger partial charge in [-0.1, -0.05) is 58.9 Å². The van der Waals surface area contributed by atoms with Crippen molar-refractivity contribution >= 4 is 0 Å². The van der Waals surface area contributed by atoms with Crippen molar-refractivity contribution in [3.05, 3.63) is 35.4 Å². The molecule has 1 rings (SSSR count). The van der Waals surface area contributed by atoms with Crippen LogP contribution >= 0.6 is 0 Å². The van der Waals surface area contributed by atoms with E-state index < -0.39 is 0 Å². The van der Waals surface area contributed by atoms with Crippen LogP contribution in [0.3, 0.4) is 0 Å². The van der Waals surface area contributed by atoms with Gasteiger partial charge in [0.2, 0.25) is 0 Å². The van der Waals surface area contributed by atoms with Crippen LogP contribution in [0, 0.1) is 0 Å². The number of aryl methyl sites for hydroxylation is 1. The largest absolute Gasteiger partial charge is 0.381 e. The van der Waals surface area contributed by atoms with Crippen molar-refractivity contribution in [2.45, 2.75) is 59.8 Å². The maximum Gasteiger partial charge on any atom is 0.0469 e. The van der Waals surface area contributed by atoms with Gasteiger partial charge in [0.25, 0.3) is 0 Å². The van der Waals surface area contributed by atoms with E-state index in [0.717, 1.165) is 32.5 Å². The van der Waals surface area contributed by atoms with E-state index in [2.05, 4.69) is 45.0 Å². The van der Waals surface area contributed by atoms with E-state index in [4.69, 9.17) is 4.74 Å².